The van der Waals surface area contributed by atoms with Crippen LogP contribution in [0.2, 0.25) is 0 Å². The van der Waals surface area contributed by atoms with Gasteiger partial charge in [0, 0.05) is 25.0 Å². The highest BCUT2D eigenvalue weighted by molar-refractivity contribution is 6.00. The Labute approximate surface area is 101 Å². The minimum Gasteiger partial charge on any atom is -0.355 e. The Morgan fingerprint density at radius 3 is 2.65 bits per heavy atom. The van der Waals surface area contributed by atoms with Crippen molar-refractivity contribution in [3.8, 4) is 11.1 Å². The summed E-state index contributed by atoms with van der Waals surface area (Å²) >= 11 is 0. The first-order valence-corrected chi connectivity index (χ1v) is 5.46. The van der Waals surface area contributed by atoms with Gasteiger partial charge in [-0.05, 0) is 24.1 Å². The zero-order valence-electron chi connectivity index (χ0n) is 9.90. The third-order valence-electron chi connectivity index (χ3n) is 2.73. The number of rotatable bonds is 2. The Kier molecular flexibility index (Phi) is 3.19. The highest BCUT2D eigenvalue weighted by Gasteiger charge is 2.12. The first-order chi connectivity index (χ1) is 8.24. The number of carbonyl (C=O) groups excluding carboxylic acids is 1. The van der Waals surface area contributed by atoms with Crippen molar-refractivity contribution in [2.75, 3.05) is 7.05 Å². The SMILES string of the molecule is CNC(=O)c1ccncc1-c1ccccc1C. The van der Waals surface area contributed by atoms with E-state index in [1.807, 2.05) is 31.2 Å². The Balaban J connectivity index is 2.60. The quantitative estimate of drug-likeness (QED) is 0.854. The molecular formula is C14H14N2O. The van der Waals surface area contributed by atoms with Crippen LogP contribution in [0.4, 0.5) is 0 Å². The van der Waals surface area contributed by atoms with Crippen LogP contribution < -0.4 is 5.32 Å². The van der Waals surface area contributed by atoms with Crippen molar-refractivity contribution in [2.45, 2.75) is 6.92 Å². The molecule has 1 heterocycles. The first kappa shape index (κ1) is 11.3. The molecule has 86 valence electrons. The van der Waals surface area contributed by atoms with Crippen molar-refractivity contribution in [2.24, 2.45) is 0 Å². The van der Waals surface area contributed by atoms with Crippen LogP contribution in [0.1, 0.15) is 15.9 Å². The molecular weight excluding hydrogens is 212 g/mol. The number of nitrogens with zero attached hydrogens (tertiary/aromatic N) is 1. The van der Waals surface area contributed by atoms with E-state index in [1.54, 1.807) is 25.5 Å². The summed E-state index contributed by atoms with van der Waals surface area (Å²) < 4.78 is 0. The number of carbonyl (C=O) groups is 1. The maximum Gasteiger partial charge on any atom is 0.251 e. The summed E-state index contributed by atoms with van der Waals surface area (Å²) in [5.74, 6) is -0.0920. The van der Waals surface area contributed by atoms with E-state index < -0.39 is 0 Å². The van der Waals surface area contributed by atoms with Crippen molar-refractivity contribution in [3.63, 3.8) is 0 Å². The predicted molar refractivity (Wildman–Crippen MR) is 67.8 cm³/mol. The second-order valence-corrected chi connectivity index (χ2v) is 3.82. The highest BCUT2D eigenvalue weighted by atomic mass is 16.1. The number of nitrogens with one attached hydrogen (secondary N) is 1. The molecule has 0 aliphatic carbocycles. The molecule has 0 saturated heterocycles. The van der Waals surface area contributed by atoms with Crippen molar-refractivity contribution in [1.82, 2.24) is 10.3 Å². The largest absolute Gasteiger partial charge is 0.355 e. The van der Waals surface area contributed by atoms with E-state index in [0.29, 0.717) is 5.56 Å². The van der Waals surface area contributed by atoms with Gasteiger partial charge in [0.1, 0.15) is 0 Å². The van der Waals surface area contributed by atoms with Crippen LogP contribution in [0.25, 0.3) is 11.1 Å². The summed E-state index contributed by atoms with van der Waals surface area (Å²) in [6.07, 6.45) is 3.36. The molecule has 0 saturated carbocycles. The summed E-state index contributed by atoms with van der Waals surface area (Å²) in [7, 11) is 1.63. The van der Waals surface area contributed by atoms with E-state index in [9.17, 15) is 4.79 Å². The monoisotopic (exact) mass is 226 g/mol. The lowest BCUT2D eigenvalue weighted by molar-refractivity contribution is 0.0963. The van der Waals surface area contributed by atoms with E-state index in [1.165, 1.54) is 0 Å². The minimum atomic E-state index is -0.0920. The smallest absolute Gasteiger partial charge is 0.251 e. The molecule has 1 aromatic carbocycles. The van der Waals surface area contributed by atoms with Gasteiger partial charge in [0.15, 0.2) is 0 Å². The van der Waals surface area contributed by atoms with Gasteiger partial charge in [-0.2, -0.15) is 0 Å². The summed E-state index contributed by atoms with van der Waals surface area (Å²) in [6.45, 7) is 2.02. The fraction of sp³-hybridized carbons (Fsp3) is 0.143. The fourth-order valence-corrected chi connectivity index (χ4v) is 1.82. The average Bonchev–Trinajstić information content (AvgIpc) is 2.38. The average molecular weight is 226 g/mol. The van der Waals surface area contributed by atoms with Gasteiger partial charge < -0.3 is 5.32 Å². The molecule has 0 aliphatic heterocycles. The minimum absolute atomic E-state index is 0.0920. The van der Waals surface area contributed by atoms with Gasteiger partial charge in [0.2, 0.25) is 0 Å². The summed E-state index contributed by atoms with van der Waals surface area (Å²) in [5.41, 5.74) is 3.69. The fourth-order valence-electron chi connectivity index (χ4n) is 1.82. The standard InChI is InChI=1S/C14H14N2O/c1-10-5-3-4-6-11(10)13-9-16-8-7-12(13)14(17)15-2/h3-9H,1-2H3,(H,15,17). The molecule has 0 atom stereocenters. The molecule has 0 bridgehead atoms. The number of hydrogen-bond donors (Lipinski definition) is 1. The maximum atomic E-state index is 11.8. The van der Waals surface area contributed by atoms with Gasteiger partial charge in [-0.1, -0.05) is 24.3 Å². The van der Waals surface area contributed by atoms with E-state index in [-0.39, 0.29) is 5.91 Å². The van der Waals surface area contributed by atoms with Gasteiger partial charge in [-0.25, -0.2) is 0 Å². The number of benzene rings is 1. The second kappa shape index (κ2) is 4.78. The lowest BCUT2D eigenvalue weighted by Gasteiger charge is -2.10. The summed E-state index contributed by atoms with van der Waals surface area (Å²) in [6, 6.07) is 9.70. The predicted octanol–water partition coefficient (Wildman–Crippen LogP) is 2.42. The normalized spacial score (nSPS) is 10.0. The van der Waals surface area contributed by atoms with Crippen LogP contribution in [0, 0.1) is 6.92 Å². The zero-order valence-corrected chi connectivity index (χ0v) is 9.90. The van der Waals surface area contributed by atoms with Crippen LogP contribution >= 0.6 is 0 Å². The first-order valence-electron chi connectivity index (χ1n) is 5.46. The van der Waals surface area contributed by atoms with Crippen molar-refractivity contribution >= 4 is 5.91 Å². The van der Waals surface area contributed by atoms with E-state index in [0.717, 1.165) is 16.7 Å². The topological polar surface area (TPSA) is 42.0 Å². The number of hydrogen-bond acceptors (Lipinski definition) is 2. The maximum absolute atomic E-state index is 11.8. The number of aryl methyl sites for hydroxylation is 1. The molecule has 0 aliphatic rings. The molecule has 3 heteroatoms. The van der Waals surface area contributed by atoms with Gasteiger partial charge in [-0.3, -0.25) is 9.78 Å². The molecule has 2 aromatic rings. The van der Waals surface area contributed by atoms with E-state index >= 15 is 0 Å². The number of pyridine rings is 1. The summed E-state index contributed by atoms with van der Waals surface area (Å²) in [4.78, 5) is 15.9. The van der Waals surface area contributed by atoms with Crippen LogP contribution in [0.5, 0.6) is 0 Å². The molecule has 2 rings (SSSR count). The molecule has 0 unspecified atom stereocenters. The van der Waals surface area contributed by atoms with E-state index in [2.05, 4.69) is 10.3 Å². The van der Waals surface area contributed by atoms with Gasteiger partial charge >= 0.3 is 0 Å². The lowest BCUT2D eigenvalue weighted by Crippen LogP contribution is -2.18. The Morgan fingerprint density at radius 2 is 1.94 bits per heavy atom. The molecule has 1 aromatic heterocycles. The molecule has 0 radical (unpaired) electrons. The zero-order chi connectivity index (χ0) is 12.3. The molecule has 3 nitrogen and oxygen atoms in total. The second-order valence-electron chi connectivity index (χ2n) is 3.82. The summed E-state index contributed by atoms with van der Waals surface area (Å²) in [5, 5.41) is 2.64. The number of aromatic nitrogens is 1. The van der Waals surface area contributed by atoms with Crippen LogP contribution in [0.3, 0.4) is 0 Å². The van der Waals surface area contributed by atoms with Gasteiger partial charge in [0.25, 0.3) is 5.91 Å². The van der Waals surface area contributed by atoms with Crippen molar-refractivity contribution in [1.29, 1.82) is 0 Å². The molecule has 17 heavy (non-hydrogen) atoms. The number of amides is 1. The van der Waals surface area contributed by atoms with E-state index in [4.69, 9.17) is 0 Å². The van der Waals surface area contributed by atoms with Crippen molar-refractivity contribution in [3.05, 3.63) is 53.9 Å². The Bertz CT molecular complexity index is 549. The Hall–Kier alpha value is -2.16. The van der Waals surface area contributed by atoms with Crippen LogP contribution in [0.15, 0.2) is 42.7 Å². The lowest BCUT2D eigenvalue weighted by atomic mass is 9.98. The van der Waals surface area contributed by atoms with Gasteiger partial charge in [0.05, 0.1) is 5.56 Å². The van der Waals surface area contributed by atoms with Crippen LogP contribution in [-0.4, -0.2) is 17.9 Å². The molecule has 1 N–H and O–H groups in total. The third kappa shape index (κ3) is 2.18. The molecule has 1 amide bonds. The van der Waals surface area contributed by atoms with Gasteiger partial charge in [-0.15, -0.1) is 0 Å². The van der Waals surface area contributed by atoms with Crippen molar-refractivity contribution < 1.29 is 4.79 Å². The highest BCUT2D eigenvalue weighted by Crippen LogP contribution is 2.25. The Morgan fingerprint density at radius 1 is 1.18 bits per heavy atom. The third-order valence-corrected chi connectivity index (χ3v) is 2.73. The van der Waals surface area contributed by atoms with Crippen LogP contribution in [-0.2, 0) is 0 Å². The molecule has 0 spiro atoms. The molecule has 0 fully saturated rings.